The van der Waals surface area contributed by atoms with Crippen LogP contribution in [0.15, 0.2) is 0 Å². The van der Waals surface area contributed by atoms with Gasteiger partial charge in [-0.05, 0) is 18.8 Å². The van der Waals surface area contributed by atoms with Crippen LogP contribution in [0.25, 0.3) is 0 Å². The monoisotopic (exact) mass is 278 g/mol. The highest BCUT2D eigenvalue weighted by Crippen LogP contribution is 2.30. The molecule has 0 saturated heterocycles. The Bertz CT molecular complexity index is 390. The second kappa shape index (κ2) is 5.99. The Kier molecular flexibility index (Phi) is 5.12. The van der Waals surface area contributed by atoms with E-state index in [1.165, 1.54) is 11.4 Å². The van der Waals surface area contributed by atoms with Crippen LogP contribution in [0, 0.1) is 5.92 Å². The van der Waals surface area contributed by atoms with E-state index < -0.39 is 16.2 Å². The second-order valence-electron chi connectivity index (χ2n) is 5.17. The van der Waals surface area contributed by atoms with Crippen molar-refractivity contribution in [3.05, 3.63) is 0 Å². The molecule has 1 aliphatic rings. The lowest BCUT2D eigenvalue weighted by molar-refractivity contribution is -0.137. The van der Waals surface area contributed by atoms with Gasteiger partial charge in [-0.25, -0.2) is 0 Å². The minimum atomic E-state index is -3.53. The van der Waals surface area contributed by atoms with Gasteiger partial charge in [0.25, 0.3) is 10.2 Å². The van der Waals surface area contributed by atoms with Crippen LogP contribution in [-0.2, 0) is 15.0 Å². The molecule has 6 nitrogen and oxygen atoms in total. The summed E-state index contributed by atoms with van der Waals surface area (Å²) in [5.41, 5.74) is 0. The number of aliphatic carboxylic acids is 1. The second-order valence-corrected chi connectivity index (χ2v) is 7.16. The van der Waals surface area contributed by atoms with E-state index in [0.717, 1.165) is 17.1 Å². The summed E-state index contributed by atoms with van der Waals surface area (Å²) in [6, 6.07) is 0.102. The fourth-order valence-corrected chi connectivity index (χ4v) is 3.46. The van der Waals surface area contributed by atoms with Crippen molar-refractivity contribution in [2.45, 2.75) is 39.2 Å². The number of hydrogen-bond acceptors (Lipinski definition) is 3. The average Bonchev–Trinajstić information content (AvgIpc) is 3.05. The van der Waals surface area contributed by atoms with Crippen LogP contribution in [0.5, 0.6) is 0 Å². The van der Waals surface area contributed by atoms with E-state index in [4.69, 9.17) is 5.11 Å². The van der Waals surface area contributed by atoms with Crippen molar-refractivity contribution in [2.24, 2.45) is 5.92 Å². The Morgan fingerprint density at radius 2 is 1.94 bits per heavy atom. The molecule has 0 radical (unpaired) electrons. The lowest BCUT2D eigenvalue weighted by Gasteiger charge is -2.28. The van der Waals surface area contributed by atoms with Gasteiger partial charge in [-0.3, -0.25) is 4.79 Å². The highest BCUT2D eigenvalue weighted by Gasteiger charge is 2.39. The molecule has 0 aliphatic heterocycles. The van der Waals surface area contributed by atoms with Gasteiger partial charge in [-0.2, -0.15) is 17.0 Å². The number of rotatable bonds is 8. The van der Waals surface area contributed by atoms with E-state index in [9.17, 15) is 13.2 Å². The Labute approximate surface area is 109 Å². The van der Waals surface area contributed by atoms with E-state index in [2.05, 4.69) is 0 Å². The van der Waals surface area contributed by atoms with E-state index >= 15 is 0 Å². The van der Waals surface area contributed by atoms with Crippen molar-refractivity contribution in [3.63, 3.8) is 0 Å². The van der Waals surface area contributed by atoms with Gasteiger partial charge in [0, 0.05) is 26.2 Å². The van der Waals surface area contributed by atoms with Gasteiger partial charge in [0.1, 0.15) is 0 Å². The number of carboxylic acid groups (broad SMARTS) is 1. The topological polar surface area (TPSA) is 77.9 Å². The van der Waals surface area contributed by atoms with Crippen LogP contribution < -0.4 is 0 Å². The van der Waals surface area contributed by atoms with Crippen molar-refractivity contribution in [1.29, 1.82) is 0 Å². The summed E-state index contributed by atoms with van der Waals surface area (Å²) in [6.45, 7) is 4.45. The molecule has 0 unspecified atom stereocenters. The molecule has 1 N–H and O–H groups in total. The Morgan fingerprint density at radius 3 is 2.33 bits per heavy atom. The molecule has 1 aliphatic carbocycles. The third kappa shape index (κ3) is 4.22. The van der Waals surface area contributed by atoms with Crippen LogP contribution >= 0.6 is 0 Å². The Hall–Kier alpha value is -0.660. The van der Waals surface area contributed by atoms with Crippen LogP contribution in [0.4, 0.5) is 0 Å². The minimum Gasteiger partial charge on any atom is -0.481 e. The van der Waals surface area contributed by atoms with E-state index in [1.807, 2.05) is 13.8 Å². The third-order valence-electron chi connectivity index (χ3n) is 2.83. The normalized spacial score (nSPS) is 16.8. The Morgan fingerprint density at radius 1 is 1.39 bits per heavy atom. The maximum absolute atomic E-state index is 12.3. The van der Waals surface area contributed by atoms with Gasteiger partial charge in [-0.1, -0.05) is 13.8 Å². The van der Waals surface area contributed by atoms with Crippen LogP contribution in [0.2, 0.25) is 0 Å². The molecule has 0 aromatic heterocycles. The van der Waals surface area contributed by atoms with Crippen molar-refractivity contribution in [3.8, 4) is 0 Å². The Balaban J connectivity index is 2.71. The first-order chi connectivity index (χ1) is 8.25. The van der Waals surface area contributed by atoms with Gasteiger partial charge in [-0.15, -0.1) is 0 Å². The molecule has 1 fully saturated rings. The summed E-state index contributed by atoms with van der Waals surface area (Å²) in [4.78, 5) is 10.5. The van der Waals surface area contributed by atoms with Gasteiger partial charge < -0.3 is 5.11 Å². The largest absolute Gasteiger partial charge is 0.481 e. The maximum Gasteiger partial charge on any atom is 0.304 e. The summed E-state index contributed by atoms with van der Waals surface area (Å²) in [5, 5.41) is 8.60. The van der Waals surface area contributed by atoms with Gasteiger partial charge in [0.05, 0.1) is 6.42 Å². The molecular formula is C11H22N2O4S. The number of hydrogen-bond donors (Lipinski definition) is 1. The van der Waals surface area contributed by atoms with Crippen molar-refractivity contribution >= 4 is 16.2 Å². The SMILES string of the molecule is CC(C)CN(C1CC1)S(=O)(=O)N(C)CCC(=O)O. The van der Waals surface area contributed by atoms with E-state index in [-0.39, 0.29) is 24.9 Å². The molecular weight excluding hydrogens is 256 g/mol. The summed E-state index contributed by atoms with van der Waals surface area (Å²) >= 11 is 0. The first-order valence-electron chi connectivity index (χ1n) is 6.20. The predicted octanol–water partition coefficient (Wildman–Crippen LogP) is 0.758. The van der Waals surface area contributed by atoms with Gasteiger partial charge in [0.2, 0.25) is 0 Å². The average molecular weight is 278 g/mol. The molecule has 1 saturated carbocycles. The molecule has 18 heavy (non-hydrogen) atoms. The van der Waals surface area contributed by atoms with Crippen LogP contribution in [0.1, 0.15) is 33.1 Å². The number of nitrogens with zero attached hydrogens (tertiary/aromatic N) is 2. The molecule has 1 rings (SSSR count). The lowest BCUT2D eigenvalue weighted by atomic mass is 10.2. The molecule has 0 spiro atoms. The molecule has 0 amide bonds. The van der Waals surface area contributed by atoms with Crippen molar-refractivity contribution in [1.82, 2.24) is 8.61 Å². The van der Waals surface area contributed by atoms with Gasteiger partial charge >= 0.3 is 5.97 Å². The molecule has 0 aromatic rings. The zero-order chi connectivity index (χ0) is 13.9. The van der Waals surface area contributed by atoms with Gasteiger partial charge in [0.15, 0.2) is 0 Å². The first-order valence-corrected chi connectivity index (χ1v) is 7.59. The molecule has 0 bridgehead atoms. The quantitative estimate of drug-likeness (QED) is 0.711. The number of carboxylic acids is 1. The highest BCUT2D eigenvalue weighted by molar-refractivity contribution is 7.86. The third-order valence-corrected chi connectivity index (χ3v) is 4.84. The zero-order valence-corrected chi connectivity index (χ0v) is 12.0. The van der Waals surface area contributed by atoms with Crippen molar-refractivity contribution < 1.29 is 18.3 Å². The molecule has 0 aromatic carbocycles. The van der Waals surface area contributed by atoms with E-state index in [0.29, 0.717) is 6.54 Å². The number of carbonyl (C=O) groups is 1. The summed E-state index contributed by atoms with van der Waals surface area (Å²) < 4.78 is 27.3. The zero-order valence-electron chi connectivity index (χ0n) is 11.2. The fourth-order valence-electron chi connectivity index (χ4n) is 1.70. The first kappa shape index (κ1) is 15.4. The van der Waals surface area contributed by atoms with Crippen LogP contribution in [-0.4, -0.2) is 54.3 Å². The summed E-state index contributed by atoms with van der Waals surface area (Å²) in [6.07, 6.45) is 1.63. The standard InChI is InChI=1S/C11H22N2O4S/c1-9(2)8-13(10-4-5-10)18(16,17)12(3)7-6-11(14)15/h9-10H,4-8H2,1-3H3,(H,14,15). The molecule has 7 heteroatoms. The summed E-state index contributed by atoms with van der Waals surface area (Å²) in [5.74, 6) is -0.730. The smallest absolute Gasteiger partial charge is 0.304 e. The van der Waals surface area contributed by atoms with Crippen molar-refractivity contribution in [2.75, 3.05) is 20.1 Å². The summed E-state index contributed by atoms with van der Waals surface area (Å²) in [7, 11) is -2.09. The molecule has 106 valence electrons. The maximum atomic E-state index is 12.3. The molecule has 0 heterocycles. The van der Waals surface area contributed by atoms with Crippen LogP contribution in [0.3, 0.4) is 0 Å². The van der Waals surface area contributed by atoms with E-state index in [1.54, 1.807) is 0 Å². The fraction of sp³-hybridized carbons (Fsp3) is 0.909. The lowest BCUT2D eigenvalue weighted by Crippen LogP contribution is -2.45. The molecule has 0 atom stereocenters. The highest BCUT2D eigenvalue weighted by atomic mass is 32.2. The minimum absolute atomic E-state index is 0.0129. The predicted molar refractivity (Wildman–Crippen MR) is 68.4 cm³/mol.